The molecule has 8 heteroatoms. The second-order valence-electron chi connectivity index (χ2n) is 5.41. The van der Waals surface area contributed by atoms with Crippen molar-refractivity contribution in [2.24, 2.45) is 0 Å². The number of benzene rings is 2. The second-order valence-corrected chi connectivity index (χ2v) is 6.76. The predicted molar refractivity (Wildman–Crippen MR) is 102 cm³/mol. The first-order chi connectivity index (χ1) is 12.5. The molecule has 0 fully saturated rings. The van der Waals surface area contributed by atoms with Crippen molar-refractivity contribution in [2.75, 3.05) is 12.4 Å². The van der Waals surface area contributed by atoms with Crippen LogP contribution >= 0.6 is 27.5 Å². The molecule has 3 rings (SSSR count). The Morgan fingerprint density at radius 3 is 2.77 bits per heavy atom. The number of hydrogen-bond acceptors (Lipinski definition) is 5. The van der Waals surface area contributed by atoms with Crippen LogP contribution in [0.1, 0.15) is 12.3 Å². The molecule has 6 nitrogen and oxygen atoms in total. The minimum Gasteiger partial charge on any atom is -0.495 e. The molecule has 0 radical (unpaired) electrons. The molecular weight excluding hydrogens is 422 g/mol. The number of aromatic nitrogens is 2. The van der Waals surface area contributed by atoms with E-state index < -0.39 is 0 Å². The maximum Gasteiger partial charge on any atom is 0.227 e. The normalized spacial score (nSPS) is 10.6. The maximum absolute atomic E-state index is 12.2. The van der Waals surface area contributed by atoms with Gasteiger partial charge in [-0.1, -0.05) is 32.7 Å². The first-order valence-electron chi connectivity index (χ1n) is 7.77. The van der Waals surface area contributed by atoms with Gasteiger partial charge in [0, 0.05) is 27.9 Å². The largest absolute Gasteiger partial charge is 0.495 e. The van der Waals surface area contributed by atoms with Gasteiger partial charge in [0.2, 0.25) is 17.6 Å². The van der Waals surface area contributed by atoms with Crippen molar-refractivity contribution in [3.05, 3.63) is 57.9 Å². The van der Waals surface area contributed by atoms with Crippen LogP contribution in [0.2, 0.25) is 5.02 Å². The van der Waals surface area contributed by atoms with E-state index in [9.17, 15) is 4.79 Å². The number of nitrogens with zero attached hydrogens (tertiary/aromatic N) is 2. The van der Waals surface area contributed by atoms with E-state index in [1.807, 2.05) is 24.3 Å². The van der Waals surface area contributed by atoms with E-state index in [4.69, 9.17) is 20.9 Å². The summed E-state index contributed by atoms with van der Waals surface area (Å²) in [5, 5.41) is 7.23. The number of carbonyl (C=O) groups is 1. The SMILES string of the molecule is COc1ccc(Cl)cc1NC(=O)CCc1nc(-c2ccc(Br)cc2)no1. The summed E-state index contributed by atoms with van der Waals surface area (Å²) in [4.78, 5) is 16.5. The third kappa shape index (κ3) is 4.62. The molecule has 0 atom stereocenters. The van der Waals surface area contributed by atoms with E-state index in [-0.39, 0.29) is 12.3 Å². The van der Waals surface area contributed by atoms with Gasteiger partial charge in [-0.2, -0.15) is 4.98 Å². The molecule has 1 N–H and O–H groups in total. The van der Waals surface area contributed by atoms with Gasteiger partial charge in [0.05, 0.1) is 12.8 Å². The lowest BCUT2D eigenvalue weighted by molar-refractivity contribution is -0.116. The molecule has 0 bridgehead atoms. The highest BCUT2D eigenvalue weighted by Gasteiger charge is 2.12. The molecule has 1 amide bonds. The van der Waals surface area contributed by atoms with Gasteiger partial charge in [0.15, 0.2) is 0 Å². The molecule has 0 aliphatic heterocycles. The minimum atomic E-state index is -0.200. The summed E-state index contributed by atoms with van der Waals surface area (Å²) in [6.45, 7) is 0. The lowest BCUT2D eigenvalue weighted by Gasteiger charge is -2.10. The zero-order valence-corrected chi connectivity index (χ0v) is 16.2. The highest BCUT2D eigenvalue weighted by molar-refractivity contribution is 9.10. The van der Waals surface area contributed by atoms with E-state index >= 15 is 0 Å². The number of hydrogen-bond donors (Lipinski definition) is 1. The Bertz CT molecular complexity index is 912. The van der Waals surface area contributed by atoms with Crippen LogP contribution in [0.5, 0.6) is 5.75 Å². The van der Waals surface area contributed by atoms with Gasteiger partial charge in [-0.3, -0.25) is 4.79 Å². The van der Waals surface area contributed by atoms with Crippen LogP contribution < -0.4 is 10.1 Å². The second kappa shape index (κ2) is 8.33. The standard InChI is InChI=1S/C18H15BrClN3O3/c1-25-15-7-6-13(20)10-14(15)21-16(24)8-9-17-22-18(23-26-17)11-2-4-12(19)5-3-11/h2-7,10H,8-9H2,1H3,(H,21,24). The number of nitrogens with one attached hydrogen (secondary N) is 1. The van der Waals surface area contributed by atoms with E-state index in [0.29, 0.717) is 34.6 Å². The van der Waals surface area contributed by atoms with Crippen molar-refractivity contribution in [2.45, 2.75) is 12.8 Å². The molecule has 0 saturated heterocycles. The highest BCUT2D eigenvalue weighted by Crippen LogP contribution is 2.27. The summed E-state index contributed by atoms with van der Waals surface area (Å²) in [5.74, 6) is 1.23. The van der Waals surface area contributed by atoms with Gasteiger partial charge in [-0.25, -0.2) is 0 Å². The Kier molecular flexibility index (Phi) is 5.90. The number of ether oxygens (including phenoxy) is 1. The first kappa shape index (κ1) is 18.4. The zero-order chi connectivity index (χ0) is 18.5. The molecule has 0 aliphatic rings. The third-order valence-electron chi connectivity index (χ3n) is 3.57. The van der Waals surface area contributed by atoms with Crippen LogP contribution in [0.3, 0.4) is 0 Å². The number of carbonyl (C=O) groups excluding carboxylic acids is 1. The fraction of sp³-hybridized carbons (Fsp3) is 0.167. The summed E-state index contributed by atoms with van der Waals surface area (Å²) in [5.41, 5.74) is 1.36. The van der Waals surface area contributed by atoms with Crippen LogP contribution in [-0.4, -0.2) is 23.2 Å². The van der Waals surface area contributed by atoms with Gasteiger partial charge in [0.1, 0.15) is 5.75 Å². The number of rotatable bonds is 6. The molecule has 2 aromatic carbocycles. The van der Waals surface area contributed by atoms with Crippen LogP contribution in [-0.2, 0) is 11.2 Å². The molecule has 0 saturated carbocycles. The quantitative estimate of drug-likeness (QED) is 0.604. The van der Waals surface area contributed by atoms with Crippen molar-refractivity contribution in [3.63, 3.8) is 0 Å². The summed E-state index contributed by atoms with van der Waals surface area (Å²) in [6, 6.07) is 12.6. The lowest BCUT2D eigenvalue weighted by atomic mass is 10.2. The average molecular weight is 437 g/mol. The molecule has 1 heterocycles. The summed E-state index contributed by atoms with van der Waals surface area (Å²) in [7, 11) is 1.53. The molecular formula is C18H15BrClN3O3. The summed E-state index contributed by atoms with van der Waals surface area (Å²) in [6.07, 6.45) is 0.524. The van der Waals surface area contributed by atoms with Gasteiger partial charge < -0.3 is 14.6 Å². The van der Waals surface area contributed by atoms with Crippen molar-refractivity contribution in [3.8, 4) is 17.1 Å². The van der Waals surface area contributed by atoms with E-state index in [0.717, 1.165) is 10.0 Å². The zero-order valence-electron chi connectivity index (χ0n) is 13.8. The summed E-state index contributed by atoms with van der Waals surface area (Å²) < 4.78 is 11.4. The number of anilines is 1. The lowest BCUT2D eigenvalue weighted by Crippen LogP contribution is -2.13. The molecule has 0 spiro atoms. The van der Waals surface area contributed by atoms with Gasteiger partial charge >= 0.3 is 0 Å². The minimum absolute atomic E-state index is 0.192. The molecule has 0 unspecified atom stereocenters. The topological polar surface area (TPSA) is 77.2 Å². The van der Waals surface area contributed by atoms with Crippen LogP contribution in [0.15, 0.2) is 51.5 Å². The Morgan fingerprint density at radius 1 is 1.27 bits per heavy atom. The van der Waals surface area contributed by atoms with Crippen LogP contribution in [0.25, 0.3) is 11.4 Å². The van der Waals surface area contributed by atoms with Crippen molar-refractivity contribution < 1.29 is 14.1 Å². The number of methoxy groups -OCH3 is 1. The van der Waals surface area contributed by atoms with Crippen LogP contribution in [0, 0.1) is 0 Å². The fourth-order valence-electron chi connectivity index (χ4n) is 2.28. The van der Waals surface area contributed by atoms with Crippen molar-refractivity contribution >= 4 is 39.1 Å². The molecule has 0 aliphatic carbocycles. The first-order valence-corrected chi connectivity index (χ1v) is 8.94. The molecule has 1 aromatic heterocycles. The molecule has 26 heavy (non-hydrogen) atoms. The monoisotopic (exact) mass is 435 g/mol. The highest BCUT2D eigenvalue weighted by atomic mass is 79.9. The predicted octanol–water partition coefficient (Wildman–Crippen LogP) is 4.73. The van der Waals surface area contributed by atoms with E-state index in [1.165, 1.54) is 7.11 Å². The Labute approximate surface area is 163 Å². The smallest absolute Gasteiger partial charge is 0.227 e. The van der Waals surface area contributed by atoms with E-state index in [2.05, 4.69) is 31.4 Å². The Hall–Kier alpha value is -2.38. The third-order valence-corrected chi connectivity index (χ3v) is 4.34. The number of amides is 1. The van der Waals surface area contributed by atoms with Gasteiger partial charge in [0.25, 0.3) is 0 Å². The van der Waals surface area contributed by atoms with E-state index in [1.54, 1.807) is 18.2 Å². The molecule has 134 valence electrons. The Morgan fingerprint density at radius 2 is 2.04 bits per heavy atom. The Balaban J connectivity index is 1.60. The average Bonchev–Trinajstić information content (AvgIpc) is 3.10. The van der Waals surface area contributed by atoms with Crippen LogP contribution in [0.4, 0.5) is 5.69 Å². The molecule has 3 aromatic rings. The van der Waals surface area contributed by atoms with Crippen molar-refractivity contribution in [1.82, 2.24) is 10.1 Å². The summed E-state index contributed by atoms with van der Waals surface area (Å²) >= 11 is 9.34. The van der Waals surface area contributed by atoms with Crippen molar-refractivity contribution in [1.29, 1.82) is 0 Å². The number of aryl methyl sites for hydroxylation is 1. The van der Waals surface area contributed by atoms with Gasteiger partial charge in [-0.15, -0.1) is 0 Å². The maximum atomic E-state index is 12.2. The fourth-order valence-corrected chi connectivity index (χ4v) is 2.72. The number of halogens is 2. The van der Waals surface area contributed by atoms with Gasteiger partial charge in [-0.05, 0) is 42.5 Å².